The highest BCUT2D eigenvalue weighted by atomic mass is 32.2. The predicted molar refractivity (Wildman–Crippen MR) is 73.7 cm³/mol. The fourth-order valence-electron chi connectivity index (χ4n) is 2.22. The van der Waals surface area contributed by atoms with E-state index in [2.05, 4.69) is 12.2 Å². The van der Waals surface area contributed by atoms with Crippen LogP contribution in [0.5, 0.6) is 0 Å². The molecule has 0 saturated heterocycles. The van der Waals surface area contributed by atoms with Gasteiger partial charge < -0.3 is 10.4 Å². The monoisotopic (exact) mass is 259 g/mol. The third-order valence-corrected chi connectivity index (χ3v) is 4.67. The summed E-state index contributed by atoms with van der Waals surface area (Å²) in [5.74, 6) is 0.265. The molecule has 2 N–H and O–H groups in total. The van der Waals surface area contributed by atoms with Crippen molar-refractivity contribution in [3.05, 3.63) is 0 Å². The zero-order valence-electron chi connectivity index (χ0n) is 10.8. The van der Waals surface area contributed by atoms with Crippen molar-refractivity contribution in [2.75, 3.05) is 12.3 Å². The summed E-state index contributed by atoms with van der Waals surface area (Å²) in [6, 6.07) is -0.356. The number of carbonyl (C=O) groups is 1. The first-order valence-electron chi connectivity index (χ1n) is 6.81. The van der Waals surface area contributed by atoms with E-state index in [1.807, 2.05) is 11.8 Å². The molecular weight excluding hydrogens is 234 g/mol. The zero-order valence-corrected chi connectivity index (χ0v) is 11.6. The molecule has 1 aliphatic carbocycles. The van der Waals surface area contributed by atoms with Crippen molar-refractivity contribution in [3.63, 3.8) is 0 Å². The lowest BCUT2D eigenvalue weighted by molar-refractivity contribution is -0.139. The van der Waals surface area contributed by atoms with Gasteiger partial charge in [0.2, 0.25) is 0 Å². The molecule has 1 aliphatic rings. The molecule has 3 nitrogen and oxygen atoms in total. The molecule has 0 aromatic heterocycles. The maximum atomic E-state index is 11.0. The largest absolute Gasteiger partial charge is 0.480 e. The number of nitrogens with one attached hydrogen (secondary N) is 1. The molecule has 100 valence electrons. The summed E-state index contributed by atoms with van der Waals surface area (Å²) < 4.78 is 0. The third-order valence-electron chi connectivity index (χ3n) is 3.25. The van der Waals surface area contributed by atoms with E-state index >= 15 is 0 Å². The molecule has 17 heavy (non-hydrogen) atoms. The second kappa shape index (κ2) is 8.81. The van der Waals surface area contributed by atoms with Gasteiger partial charge in [0.05, 0.1) is 0 Å². The van der Waals surface area contributed by atoms with Gasteiger partial charge in [-0.05, 0) is 38.0 Å². The molecule has 1 rings (SSSR count). The maximum absolute atomic E-state index is 11.0. The van der Waals surface area contributed by atoms with Gasteiger partial charge in [-0.25, -0.2) is 0 Å². The molecule has 0 aromatic rings. The lowest BCUT2D eigenvalue weighted by Gasteiger charge is -2.21. The minimum absolute atomic E-state index is 0.356. The summed E-state index contributed by atoms with van der Waals surface area (Å²) in [4.78, 5) is 11.0. The van der Waals surface area contributed by atoms with E-state index in [4.69, 9.17) is 5.11 Å². The Morgan fingerprint density at radius 1 is 1.41 bits per heavy atom. The quantitative estimate of drug-likeness (QED) is 0.703. The molecular formula is C13H25NO2S. The van der Waals surface area contributed by atoms with Crippen LogP contribution in [0.15, 0.2) is 0 Å². The summed E-state index contributed by atoms with van der Waals surface area (Å²) in [6.45, 7) is 2.85. The SMILES string of the molecule is CCCNC(CCSC1CCCCC1)C(=O)O. The number of aliphatic carboxylic acids is 1. The summed E-state index contributed by atoms with van der Waals surface area (Å²) in [5, 5.41) is 12.9. The van der Waals surface area contributed by atoms with E-state index in [9.17, 15) is 4.79 Å². The number of hydrogen-bond acceptors (Lipinski definition) is 3. The van der Waals surface area contributed by atoms with Crippen LogP contribution in [0.3, 0.4) is 0 Å². The number of carboxylic acids is 1. The Morgan fingerprint density at radius 3 is 2.71 bits per heavy atom. The molecule has 1 fully saturated rings. The molecule has 1 saturated carbocycles. The molecule has 0 radical (unpaired) electrons. The van der Waals surface area contributed by atoms with Crippen LogP contribution in [0, 0.1) is 0 Å². The van der Waals surface area contributed by atoms with Crippen LogP contribution in [-0.2, 0) is 4.79 Å². The van der Waals surface area contributed by atoms with Crippen LogP contribution >= 0.6 is 11.8 Å². The van der Waals surface area contributed by atoms with E-state index in [0.717, 1.165) is 30.4 Å². The molecule has 0 spiro atoms. The van der Waals surface area contributed by atoms with Crippen LogP contribution in [0.1, 0.15) is 51.9 Å². The predicted octanol–water partition coefficient (Wildman–Crippen LogP) is 2.90. The van der Waals surface area contributed by atoms with E-state index < -0.39 is 5.97 Å². The first kappa shape index (κ1) is 14.8. The summed E-state index contributed by atoms with van der Waals surface area (Å²) >= 11 is 1.97. The van der Waals surface area contributed by atoms with Crippen LogP contribution in [0.2, 0.25) is 0 Å². The summed E-state index contributed by atoms with van der Waals surface area (Å²) in [7, 11) is 0. The zero-order chi connectivity index (χ0) is 12.5. The van der Waals surface area contributed by atoms with Crippen molar-refractivity contribution < 1.29 is 9.90 Å². The summed E-state index contributed by atoms with van der Waals surface area (Å²) in [6.07, 6.45) is 8.47. The Balaban J connectivity index is 2.14. The van der Waals surface area contributed by atoms with E-state index in [0.29, 0.717) is 0 Å². The van der Waals surface area contributed by atoms with E-state index in [1.165, 1.54) is 32.1 Å². The van der Waals surface area contributed by atoms with Gasteiger partial charge in [0.25, 0.3) is 0 Å². The maximum Gasteiger partial charge on any atom is 0.320 e. The minimum atomic E-state index is -0.706. The Morgan fingerprint density at radius 2 is 2.12 bits per heavy atom. The van der Waals surface area contributed by atoms with Crippen LogP contribution in [0.4, 0.5) is 0 Å². The van der Waals surface area contributed by atoms with E-state index in [-0.39, 0.29) is 6.04 Å². The van der Waals surface area contributed by atoms with Crippen molar-refractivity contribution in [1.29, 1.82) is 0 Å². The molecule has 1 atom stereocenters. The fraction of sp³-hybridized carbons (Fsp3) is 0.923. The Bertz CT molecular complexity index is 217. The second-order valence-corrected chi connectivity index (χ2v) is 6.17. The Labute approximate surface area is 109 Å². The van der Waals surface area contributed by atoms with E-state index in [1.54, 1.807) is 0 Å². The molecule has 0 bridgehead atoms. The fourth-order valence-corrected chi connectivity index (χ4v) is 3.59. The van der Waals surface area contributed by atoms with Gasteiger partial charge in [-0.1, -0.05) is 26.2 Å². The second-order valence-electron chi connectivity index (χ2n) is 4.76. The number of carboxylic acid groups (broad SMARTS) is 1. The standard InChI is InChI=1S/C13H25NO2S/c1-2-9-14-12(13(15)16)8-10-17-11-6-4-3-5-7-11/h11-12,14H,2-10H2,1H3,(H,15,16). The molecule has 1 unspecified atom stereocenters. The molecule has 4 heteroatoms. The van der Waals surface area contributed by atoms with Crippen molar-refractivity contribution in [1.82, 2.24) is 5.32 Å². The lowest BCUT2D eigenvalue weighted by atomic mass is 10.0. The van der Waals surface area contributed by atoms with Crippen molar-refractivity contribution in [3.8, 4) is 0 Å². The highest BCUT2D eigenvalue weighted by Crippen LogP contribution is 2.28. The first-order valence-corrected chi connectivity index (χ1v) is 7.86. The van der Waals surface area contributed by atoms with Crippen molar-refractivity contribution in [2.24, 2.45) is 0 Å². The average molecular weight is 259 g/mol. The smallest absolute Gasteiger partial charge is 0.320 e. The highest BCUT2D eigenvalue weighted by Gasteiger charge is 2.18. The van der Waals surface area contributed by atoms with Gasteiger partial charge in [-0.2, -0.15) is 11.8 Å². The number of rotatable bonds is 8. The van der Waals surface area contributed by atoms with Crippen LogP contribution in [0.25, 0.3) is 0 Å². The summed E-state index contributed by atoms with van der Waals surface area (Å²) in [5.41, 5.74) is 0. The Kier molecular flexibility index (Phi) is 7.69. The molecule has 0 heterocycles. The molecule has 0 aliphatic heterocycles. The van der Waals surface area contributed by atoms with Crippen LogP contribution < -0.4 is 5.32 Å². The van der Waals surface area contributed by atoms with Gasteiger partial charge in [-0.15, -0.1) is 0 Å². The third kappa shape index (κ3) is 6.32. The average Bonchev–Trinajstić information content (AvgIpc) is 2.34. The van der Waals surface area contributed by atoms with Gasteiger partial charge in [0.1, 0.15) is 6.04 Å². The van der Waals surface area contributed by atoms with Gasteiger partial charge in [-0.3, -0.25) is 4.79 Å². The molecule has 0 aromatic carbocycles. The van der Waals surface area contributed by atoms with Crippen molar-refractivity contribution >= 4 is 17.7 Å². The van der Waals surface area contributed by atoms with Gasteiger partial charge in [0.15, 0.2) is 0 Å². The number of thioether (sulfide) groups is 1. The van der Waals surface area contributed by atoms with Crippen LogP contribution in [-0.4, -0.2) is 34.7 Å². The topological polar surface area (TPSA) is 49.3 Å². The minimum Gasteiger partial charge on any atom is -0.480 e. The number of hydrogen-bond donors (Lipinski definition) is 2. The Hall–Kier alpha value is -0.220. The van der Waals surface area contributed by atoms with Gasteiger partial charge >= 0.3 is 5.97 Å². The van der Waals surface area contributed by atoms with Gasteiger partial charge in [0, 0.05) is 5.25 Å². The lowest BCUT2D eigenvalue weighted by Crippen LogP contribution is -2.37. The highest BCUT2D eigenvalue weighted by molar-refractivity contribution is 7.99. The molecule has 0 amide bonds. The normalized spacial score (nSPS) is 19.1. The van der Waals surface area contributed by atoms with Crippen molar-refractivity contribution in [2.45, 2.75) is 63.2 Å². The first-order chi connectivity index (χ1) is 8.24.